The van der Waals surface area contributed by atoms with Crippen molar-refractivity contribution in [3.63, 3.8) is 0 Å². The molecule has 1 amide bonds. The van der Waals surface area contributed by atoms with Gasteiger partial charge in [0.2, 0.25) is 0 Å². The third-order valence-corrected chi connectivity index (χ3v) is 1.89. The van der Waals surface area contributed by atoms with Gasteiger partial charge in [0, 0.05) is 12.2 Å². The van der Waals surface area contributed by atoms with Gasteiger partial charge in [0.25, 0.3) is 5.91 Å². The standard InChI is InChI=1S/C9H15N3O/c1-4-5-10-9(13)8-6(2)11-12-7(8)3/h4-5H2,1-3H3,(H,10,13)(H,11,12). The fourth-order valence-electron chi connectivity index (χ4n) is 1.21. The maximum absolute atomic E-state index is 11.5. The van der Waals surface area contributed by atoms with Gasteiger partial charge in [-0.3, -0.25) is 9.89 Å². The first-order chi connectivity index (χ1) is 6.16. The van der Waals surface area contributed by atoms with E-state index in [-0.39, 0.29) is 5.91 Å². The molecule has 0 bridgehead atoms. The minimum Gasteiger partial charge on any atom is -0.352 e. The van der Waals surface area contributed by atoms with E-state index < -0.39 is 0 Å². The summed E-state index contributed by atoms with van der Waals surface area (Å²) in [7, 11) is 0. The molecule has 0 saturated heterocycles. The highest BCUT2D eigenvalue weighted by Crippen LogP contribution is 2.08. The summed E-state index contributed by atoms with van der Waals surface area (Å²) in [6.07, 6.45) is 0.946. The van der Waals surface area contributed by atoms with Crippen LogP contribution in [0, 0.1) is 13.8 Å². The number of rotatable bonds is 3. The fourth-order valence-corrected chi connectivity index (χ4v) is 1.21. The highest BCUT2D eigenvalue weighted by atomic mass is 16.1. The summed E-state index contributed by atoms with van der Waals surface area (Å²) in [5, 5.41) is 9.56. The number of amides is 1. The molecule has 0 radical (unpaired) electrons. The second-order valence-corrected chi connectivity index (χ2v) is 3.06. The Morgan fingerprint density at radius 1 is 1.54 bits per heavy atom. The molecule has 1 aromatic heterocycles. The molecule has 1 heterocycles. The molecule has 4 nitrogen and oxygen atoms in total. The van der Waals surface area contributed by atoms with Crippen molar-refractivity contribution in [1.29, 1.82) is 0 Å². The average molecular weight is 181 g/mol. The average Bonchev–Trinajstić information content (AvgIpc) is 2.42. The maximum atomic E-state index is 11.5. The van der Waals surface area contributed by atoms with Crippen molar-refractivity contribution >= 4 is 5.91 Å². The Morgan fingerprint density at radius 3 is 2.69 bits per heavy atom. The Bertz CT molecular complexity index is 284. The molecule has 4 heteroatoms. The molecule has 72 valence electrons. The molecule has 0 saturated carbocycles. The number of aromatic amines is 1. The van der Waals surface area contributed by atoms with Gasteiger partial charge in [0.15, 0.2) is 0 Å². The lowest BCUT2D eigenvalue weighted by molar-refractivity contribution is 0.0952. The minimum atomic E-state index is -0.0365. The highest BCUT2D eigenvalue weighted by molar-refractivity contribution is 5.96. The first-order valence-electron chi connectivity index (χ1n) is 4.46. The van der Waals surface area contributed by atoms with E-state index in [1.54, 1.807) is 0 Å². The minimum absolute atomic E-state index is 0.0365. The van der Waals surface area contributed by atoms with Crippen LogP contribution in [0.25, 0.3) is 0 Å². The summed E-state index contributed by atoms with van der Waals surface area (Å²) < 4.78 is 0. The van der Waals surface area contributed by atoms with Crippen molar-refractivity contribution in [2.24, 2.45) is 0 Å². The quantitative estimate of drug-likeness (QED) is 0.735. The molecular weight excluding hydrogens is 166 g/mol. The smallest absolute Gasteiger partial charge is 0.255 e. The van der Waals surface area contributed by atoms with E-state index in [1.807, 2.05) is 20.8 Å². The molecule has 0 unspecified atom stereocenters. The summed E-state index contributed by atoms with van der Waals surface area (Å²) in [5.41, 5.74) is 2.26. The van der Waals surface area contributed by atoms with Gasteiger partial charge in [-0.25, -0.2) is 0 Å². The SMILES string of the molecule is CCCNC(=O)c1c(C)n[nH]c1C. The first kappa shape index (κ1) is 9.77. The van der Waals surface area contributed by atoms with Gasteiger partial charge in [-0.1, -0.05) is 6.92 Å². The van der Waals surface area contributed by atoms with Gasteiger partial charge in [0.05, 0.1) is 11.3 Å². The van der Waals surface area contributed by atoms with Gasteiger partial charge in [-0.05, 0) is 20.3 Å². The van der Waals surface area contributed by atoms with E-state index in [2.05, 4.69) is 15.5 Å². The summed E-state index contributed by atoms with van der Waals surface area (Å²) in [6, 6.07) is 0. The van der Waals surface area contributed by atoms with Crippen LogP contribution in [0.2, 0.25) is 0 Å². The zero-order chi connectivity index (χ0) is 9.84. The highest BCUT2D eigenvalue weighted by Gasteiger charge is 2.13. The lowest BCUT2D eigenvalue weighted by Gasteiger charge is -2.02. The monoisotopic (exact) mass is 181 g/mol. The zero-order valence-corrected chi connectivity index (χ0v) is 8.27. The fraction of sp³-hybridized carbons (Fsp3) is 0.556. The largest absolute Gasteiger partial charge is 0.352 e. The number of nitrogens with one attached hydrogen (secondary N) is 2. The van der Waals surface area contributed by atoms with Crippen LogP contribution >= 0.6 is 0 Å². The van der Waals surface area contributed by atoms with Gasteiger partial charge in [-0.15, -0.1) is 0 Å². The second-order valence-electron chi connectivity index (χ2n) is 3.06. The Hall–Kier alpha value is -1.32. The van der Waals surface area contributed by atoms with Crippen molar-refractivity contribution in [2.75, 3.05) is 6.54 Å². The molecule has 0 aliphatic heterocycles. The van der Waals surface area contributed by atoms with Crippen LogP contribution in [0.5, 0.6) is 0 Å². The number of nitrogens with zero attached hydrogens (tertiary/aromatic N) is 1. The van der Waals surface area contributed by atoms with Crippen molar-refractivity contribution in [2.45, 2.75) is 27.2 Å². The van der Waals surface area contributed by atoms with Crippen LogP contribution in [0.1, 0.15) is 35.1 Å². The number of aromatic nitrogens is 2. The Kier molecular flexibility index (Phi) is 3.06. The van der Waals surface area contributed by atoms with Crippen molar-refractivity contribution in [1.82, 2.24) is 15.5 Å². The summed E-state index contributed by atoms with van der Waals surface area (Å²) in [4.78, 5) is 11.5. The first-order valence-corrected chi connectivity index (χ1v) is 4.46. The van der Waals surface area contributed by atoms with E-state index >= 15 is 0 Å². The van der Waals surface area contributed by atoms with Crippen LogP contribution in [0.15, 0.2) is 0 Å². The molecule has 1 aromatic rings. The number of aryl methyl sites for hydroxylation is 2. The van der Waals surface area contributed by atoms with Crippen molar-refractivity contribution in [3.8, 4) is 0 Å². The molecule has 0 spiro atoms. The van der Waals surface area contributed by atoms with E-state index in [0.29, 0.717) is 12.1 Å². The normalized spacial score (nSPS) is 10.1. The number of carbonyl (C=O) groups excluding carboxylic acids is 1. The lowest BCUT2D eigenvalue weighted by atomic mass is 10.2. The van der Waals surface area contributed by atoms with Gasteiger partial charge < -0.3 is 5.32 Å². The predicted molar refractivity (Wildman–Crippen MR) is 50.7 cm³/mol. The Labute approximate surface area is 77.7 Å². The molecule has 13 heavy (non-hydrogen) atoms. The van der Waals surface area contributed by atoms with Gasteiger partial charge >= 0.3 is 0 Å². The molecule has 0 fully saturated rings. The molecule has 0 aliphatic carbocycles. The molecule has 0 atom stereocenters. The van der Waals surface area contributed by atoms with E-state index in [0.717, 1.165) is 17.8 Å². The molecule has 1 rings (SSSR count). The summed E-state index contributed by atoms with van der Waals surface area (Å²) >= 11 is 0. The molecule has 2 N–H and O–H groups in total. The van der Waals surface area contributed by atoms with Crippen LogP contribution < -0.4 is 5.32 Å². The van der Waals surface area contributed by atoms with E-state index in [4.69, 9.17) is 0 Å². The summed E-state index contributed by atoms with van der Waals surface area (Å²) in [6.45, 7) is 6.41. The molecule has 0 aliphatic rings. The van der Waals surface area contributed by atoms with Crippen LogP contribution in [-0.4, -0.2) is 22.6 Å². The number of carbonyl (C=O) groups is 1. The third kappa shape index (κ3) is 2.08. The topological polar surface area (TPSA) is 57.8 Å². The van der Waals surface area contributed by atoms with Crippen LogP contribution in [0.3, 0.4) is 0 Å². The Morgan fingerprint density at radius 2 is 2.23 bits per heavy atom. The lowest BCUT2D eigenvalue weighted by Crippen LogP contribution is -2.24. The maximum Gasteiger partial charge on any atom is 0.255 e. The summed E-state index contributed by atoms with van der Waals surface area (Å²) in [5.74, 6) is -0.0365. The van der Waals surface area contributed by atoms with Crippen molar-refractivity contribution in [3.05, 3.63) is 17.0 Å². The number of H-pyrrole nitrogens is 1. The number of hydrogen-bond acceptors (Lipinski definition) is 2. The van der Waals surface area contributed by atoms with Crippen molar-refractivity contribution < 1.29 is 4.79 Å². The van der Waals surface area contributed by atoms with Gasteiger partial charge in [-0.2, -0.15) is 5.10 Å². The van der Waals surface area contributed by atoms with Gasteiger partial charge in [0.1, 0.15) is 0 Å². The molecule has 0 aromatic carbocycles. The Balaban J connectivity index is 2.76. The van der Waals surface area contributed by atoms with E-state index in [9.17, 15) is 4.79 Å². The third-order valence-electron chi connectivity index (χ3n) is 1.89. The van der Waals surface area contributed by atoms with Crippen LogP contribution in [-0.2, 0) is 0 Å². The second kappa shape index (κ2) is 4.07. The number of hydrogen-bond donors (Lipinski definition) is 2. The molecular formula is C9H15N3O. The zero-order valence-electron chi connectivity index (χ0n) is 8.27. The van der Waals surface area contributed by atoms with E-state index in [1.165, 1.54) is 0 Å². The predicted octanol–water partition coefficient (Wildman–Crippen LogP) is 1.17. The van der Waals surface area contributed by atoms with Crippen LogP contribution in [0.4, 0.5) is 0 Å².